The first-order chi connectivity index (χ1) is 10.5. The molecule has 122 valence electrons. The molecule has 0 aromatic carbocycles. The zero-order valence-corrected chi connectivity index (χ0v) is 14.1. The van der Waals surface area contributed by atoms with Crippen LogP contribution in [-0.4, -0.2) is 52.0 Å². The number of hydrazine groups is 1. The molecular weight excluding hydrogens is 300 g/mol. The van der Waals surface area contributed by atoms with Gasteiger partial charge in [-0.2, -0.15) is 5.26 Å². The lowest BCUT2D eigenvalue weighted by molar-refractivity contribution is -0.136. The summed E-state index contributed by atoms with van der Waals surface area (Å²) in [6.45, 7) is 3.85. The van der Waals surface area contributed by atoms with E-state index in [-0.39, 0.29) is 30.4 Å². The molecule has 1 aliphatic heterocycles. The number of hydrogen-bond acceptors (Lipinski definition) is 5. The van der Waals surface area contributed by atoms with E-state index in [0.717, 1.165) is 25.7 Å². The minimum atomic E-state index is -0.344. The van der Waals surface area contributed by atoms with Crippen molar-refractivity contribution in [3.8, 4) is 6.07 Å². The number of nitrogens with zero attached hydrogens (tertiary/aromatic N) is 3. The average molecular weight is 324 g/mol. The molecule has 1 heterocycles. The largest absolute Gasteiger partial charge is 0.315 e. The first kappa shape index (κ1) is 17.1. The van der Waals surface area contributed by atoms with Crippen molar-refractivity contribution in [3.63, 3.8) is 0 Å². The van der Waals surface area contributed by atoms with Gasteiger partial charge >= 0.3 is 0 Å². The van der Waals surface area contributed by atoms with Crippen LogP contribution in [0.4, 0.5) is 0 Å². The molecule has 1 N–H and O–H groups in total. The highest BCUT2D eigenvalue weighted by Gasteiger charge is 2.32. The van der Waals surface area contributed by atoms with Crippen LogP contribution in [0.15, 0.2) is 0 Å². The number of carbonyl (C=O) groups is 2. The van der Waals surface area contributed by atoms with Gasteiger partial charge in [-0.3, -0.25) is 15.0 Å². The van der Waals surface area contributed by atoms with Crippen molar-refractivity contribution < 1.29 is 9.59 Å². The van der Waals surface area contributed by atoms with Gasteiger partial charge in [0.25, 0.3) is 0 Å². The Bertz CT molecular complexity index is 457. The number of carbonyl (C=O) groups excluding carboxylic acids is 2. The summed E-state index contributed by atoms with van der Waals surface area (Å²) in [5, 5.41) is 10.9. The van der Waals surface area contributed by atoms with Crippen LogP contribution in [0.25, 0.3) is 0 Å². The second-order valence-electron chi connectivity index (χ2n) is 6.22. The standard InChI is InChI=1S/C15H24N4O2S/c1-11-3-5-13(6-4-11)19(17-12(2)20)8-15(21)18-10-22-9-14(18)7-16/h11,13-14H,3-6,8-10H2,1-2H3,(H,17,20). The van der Waals surface area contributed by atoms with Gasteiger partial charge < -0.3 is 4.90 Å². The summed E-state index contributed by atoms with van der Waals surface area (Å²) in [7, 11) is 0. The molecule has 0 spiro atoms. The lowest BCUT2D eigenvalue weighted by atomic mass is 9.87. The minimum absolute atomic E-state index is 0.0797. The number of nitriles is 1. The van der Waals surface area contributed by atoms with Gasteiger partial charge in [-0.1, -0.05) is 6.92 Å². The predicted octanol–water partition coefficient (Wildman–Crippen LogP) is 1.34. The fourth-order valence-electron chi connectivity index (χ4n) is 3.05. The number of nitrogens with one attached hydrogen (secondary N) is 1. The number of rotatable bonds is 4. The SMILES string of the molecule is CC(=O)NN(CC(=O)N1CSCC1C#N)C1CCC(C)CC1. The fraction of sp³-hybridized carbons (Fsp3) is 0.800. The molecule has 1 atom stereocenters. The van der Waals surface area contributed by atoms with Crippen LogP contribution in [0.1, 0.15) is 39.5 Å². The minimum Gasteiger partial charge on any atom is -0.315 e. The summed E-state index contributed by atoms with van der Waals surface area (Å²) in [5.74, 6) is 1.71. The molecule has 1 saturated carbocycles. The van der Waals surface area contributed by atoms with Crippen LogP contribution in [0.3, 0.4) is 0 Å². The summed E-state index contributed by atoms with van der Waals surface area (Å²) < 4.78 is 0. The van der Waals surface area contributed by atoms with Gasteiger partial charge in [-0.15, -0.1) is 11.8 Å². The highest BCUT2D eigenvalue weighted by atomic mass is 32.2. The first-order valence-electron chi connectivity index (χ1n) is 7.82. The van der Waals surface area contributed by atoms with Gasteiger partial charge in [0, 0.05) is 18.7 Å². The Morgan fingerprint density at radius 3 is 2.64 bits per heavy atom. The Morgan fingerprint density at radius 2 is 2.05 bits per heavy atom. The maximum atomic E-state index is 12.5. The van der Waals surface area contributed by atoms with Crippen molar-refractivity contribution in [2.75, 3.05) is 18.2 Å². The van der Waals surface area contributed by atoms with Crippen LogP contribution < -0.4 is 5.43 Å². The molecule has 0 aromatic rings. The van der Waals surface area contributed by atoms with Gasteiger partial charge in [0.05, 0.1) is 18.5 Å². The van der Waals surface area contributed by atoms with Gasteiger partial charge in [-0.25, -0.2) is 5.01 Å². The monoisotopic (exact) mass is 324 g/mol. The first-order valence-corrected chi connectivity index (χ1v) is 8.97. The van der Waals surface area contributed by atoms with E-state index in [9.17, 15) is 9.59 Å². The Morgan fingerprint density at radius 1 is 1.36 bits per heavy atom. The maximum Gasteiger partial charge on any atom is 0.240 e. The third-order valence-electron chi connectivity index (χ3n) is 4.38. The van der Waals surface area contributed by atoms with E-state index < -0.39 is 0 Å². The van der Waals surface area contributed by atoms with Gasteiger partial charge in [0.15, 0.2) is 0 Å². The lowest BCUT2D eigenvalue weighted by Crippen LogP contribution is -2.54. The fourth-order valence-corrected chi connectivity index (χ4v) is 4.15. The molecule has 6 nitrogen and oxygen atoms in total. The Labute approximate surface area is 136 Å². The molecule has 2 fully saturated rings. The second-order valence-corrected chi connectivity index (χ2v) is 7.22. The van der Waals surface area contributed by atoms with Crippen LogP contribution in [0.5, 0.6) is 0 Å². The Balaban J connectivity index is 1.98. The smallest absolute Gasteiger partial charge is 0.240 e. The van der Waals surface area contributed by atoms with Crippen molar-refractivity contribution in [3.05, 3.63) is 0 Å². The van der Waals surface area contributed by atoms with Crippen LogP contribution in [0, 0.1) is 17.2 Å². The zero-order valence-electron chi connectivity index (χ0n) is 13.2. The zero-order chi connectivity index (χ0) is 16.1. The van der Waals surface area contributed by atoms with Crippen LogP contribution >= 0.6 is 11.8 Å². The van der Waals surface area contributed by atoms with Crippen molar-refractivity contribution in [1.29, 1.82) is 5.26 Å². The van der Waals surface area contributed by atoms with Gasteiger partial charge in [-0.05, 0) is 31.6 Å². The molecule has 22 heavy (non-hydrogen) atoms. The molecule has 1 unspecified atom stereocenters. The van der Waals surface area contributed by atoms with Crippen molar-refractivity contribution in [2.24, 2.45) is 5.92 Å². The maximum absolute atomic E-state index is 12.5. The van der Waals surface area contributed by atoms with E-state index in [1.807, 2.05) is 0 Å². The van der Waals surface area contributed by atoms with E-state index in [4.69, 9.17) is 5.26 Å². The third kappa shape index (κ3) is 4.37. The van der Waals surface area contributed by atoms with E-state index in [1.54, 1.807) is 21.7 Å². The molecule has 1 aliphatic carbocycles. The van der Waals surface area contributed by atoms with Crippen molar-refractivity contribution in [2.45, 2.75) is 51.6 Å². The molecule has 1 saturated heterocycles. The molecule has 7 heteroatoms. The Kier molecular flexibility index (Phi) is 6.09. The quantitative estimate of drug-likeness (QED) is 0.790. The summed E-state index contributed by atoms with van der Waals surface area (Å²) in [4.78, 5) is 25.5. The lowest BCUT2D eigenvalue weighted by Gasteiger charge is -2.36. The number of thioether (sulfide) groups is 1. The summed E-state index contributed by atoms with van der Waals surface area (Å²) in [5.41, 5.74) is 2.81. The van der Waals surface area contributed by atoms with Crippen molar-refractivity contribution in [1.82, 2.24) is 15.3 Å². The van der Waals surface area contributed by atoms with Gasteiger partial charge in [0.1, 0.15) is 6.04 Å². The molecular formula is C15H24N4O2S. The molecule has 2 rings (SSSR count). The van der Waals surface area contributed by atoms with Crippen molar-refractivity contribution >= 4 is 23.6 Å². The molecule has 2 aliphatic rings. The molecule has 2 amide bonds. The topological polar surface area (TPSA) is 76.4 Å². The average Bonchev–Trinajstić information content (AvgIpc) is 2.95. The van der Waals surface area contributed by atoms with E-state index >= 15 is 0 Å². The third-order valence-corrected chi connectivity index (χ3v) is 5.40. The van der Waals surface area contributed by atoms with E-state index in [1.165, 1.54) is 6.92 Å². The number of amides is 2. The summed E-state index contributed by atoms with van der Waals surface area (Å²) in [6.07, 6.45) is 4.22. The second kappa shape index (κ2) is 7.84. The molecule has 0 aromatic heterocycles. The summed E-state index contributed by atoms with van der Waals surface area (Å²) in [6, 6.07) is 2.04. The Hall–Kier alpha value is -1.26. The van der Waals surface area contributed by atoms with Crippen LogP contribution in [0.2, 0.25) is 0 Å². The van der Waals surface area contributed by atoms with E-state index in [0.29, 0.717) is 17.5 Å². The summed E-state index contributed by atoms with van der Waals surface area (Å²) >= 11 is 1.60. The van der Waals surface area contributed by atoms with Crippen LogP contribution in [-0.2, 0) is 9.59 Å². The number of hydrogen-bond donors (Lipinski definition) is 1. The molecule has 0 bridgehead atoms. The van der Waals surface area contributed by atoms with E-state index in [2.05, 4.69) is 18.4 Å². The molecule has 0 radical (unpaired) electrons. The predicted molar refractivity (Wildman–Crippen MR) is 85.5 cm³/mol. The normalized spacial score (nSPS) is 28.5. The van der Waals surface area contributed by atoms with Gasteiger partial charge in [0.2, 0.25) is 11.8 Å². The highest BCUT2D eigenvalue weighted by molar-refractivity contribution is 7.99. The highest BCUT2D eigenvalue weighted by Crippen LogP contribution is 2.27.